The number of carbonyl (C=O) groups is 2. The normalized spacial score (nSPS) is 22.7. The molecule has 0 N–H and O–H groups in total. The fourth-order valence-corrected chi connectivity index (χ4v) is 2.20. The van der Waals surface area contributed by atoms with Crippen LogP contribution in [0.5, 0.6) is 0 Å². The highest BCUT2D eigenvalue weighted by Gasteiger charge is 2.44. The molecule has 1 amide bonds. The Morgan fingerprint density at radius 3 is 2.45 bits per heavy atom. The van der Waals surface area contributed by atoms with Crippen LogP contribution < -0.4 is 0 Å². The molecule has 126 valence electrons. The molecule has 0 saturated carbocycles. The fourth-order valence-electron chi connectivity index (χ4n) is 2.20. The highest BCUT2D eigenvalue weighted by Crippen LogP contribution is 2.30. The van der Waals surface area contributed by atoms with E-state index in [2.05, 4.69) is 4.74 Å². The number of rotatable bonds is 3. The van der Waals surface area contributed by atoms with E-state index in [9.17, 15) is 9.59 Å². The molecule has 1 aliphatic rings. The van der Waals surface area contributed by atoms with Crippen LogP contribution in [0.3, 0.4) is 0 Å². The van der Waals surface area contributed by atoms with Gasteiger partial charge in [-0.1, -0.05) is 12.2 Å². The molecule has 1 aliphatic heterocycles. The van der Waals surface area contributed by atoms with Crippen molar-refractivity contribution in [2.45, 2.75) is 58.9 Å². The lowest BCUT2D eigenvalue weighted by atomic mass is 10.1. The Morgan fingerprint density at radius 1 is 1.36 bits per heavy atom. The van der Waals surface area contributed by atoms with E-state index in [-0.39, 0.29) is 17.9 Å². The second-order valence-electron chi connectivity index (χ2n) is 6.87. The van der Waals surface area contributed by atoms with Gasteiger partial charge < -0.3 is 14.2 Å². The van der Waals surface area contributed by atoms with Gasteiger partial charge in [-0.05, 0) is 41.5 Å². The maximum atomic E-state index is 12.4. The zero-order valence-corrected chi connectivity index (χ0v) is 14.5. The molecule has 0 aliphatic carbocycles. The Morgan fingerprint density at radius 2 is 1.95 bits per heavy atom. The molecule has 0 aromatic rings. The molecule has 22 heavy (non-hydrogen) atoms. The smallest absolute Gasteiger partial charge is 0.413 e. The monoisotopic (exact) mass is 313 g/mol. The van der Waals surface area contributed by atoms with Crippen LogP contribution in [0.25, 0.3) is 0 Å². The van der Waals surface area contributed by atoms with Crippen LogP contribution in [0.1, 0.15) is 41.5 Å². The summed E-state index contributed by atoms with van der Waals surface area (Å²) in [6, 6.07) is -0.281. The van der Waals surface area contributed by atoms with Crippen molar-refractivity contribution in [1.29, 1.82) is 0 Å². The third-order valence-corrected chi connectivity index (χ3v) is 3.30. The Bertz CT molecular complexity index is 450. The van der Waals surface area contributed by atoms with Crippen molar-refractivity contribution in [3.05, 3.63) is 12.2 Å². The SMILES string of the molecule is COC(=O)[C@H](C)/C=C/[C@@H]1COC(C)(C)N1C(=O)OC(C)(C)C. The van der Waals surface area contributed by atoms with Crippen LogP contribution in [0.4, 0.5) is 4.79 Å². The van der Waals surface area contributed by atoms with Crippen molar-refractivity contribution in [3.63, 3.8) is 0 Å². The molecule has 1 fully saturated rings. The molecule has 0 spiro atoms. The van der Waals surface area contributed by atoms with Crippen molar-refractivity contribution in [2.75, 3.05) is 13.7 Å². The first-order valence-electron chi connectivity index (χ1n) is 7.40. The van der Waals surface area contributed by atoms with Gasteiger partial charge in [0.05, 0.1) is 25.7 Å². The third kappa shape index (κ3) is 4.73. The molecule has 0 aromatic carbocycles. The summed E-state index contributed by atoms with van der Waals surface area (Å²) in [5.41, 5.74) is -1.34. The van der Waals surface area contributed by atoms with Gasteiger partial charge in [0.25, 0.3) is 0 Å². The minimum Gasteiger partial charge on any atom is -0.469 e. The van der Waals surface area contributed by atoms with Crippen LogP contribution in [0, 0.1) is 5.92 Å². The topological polar surface area (TPSA) is 65.1 Å². The van der Waals surface area contributed by atoms with Crippen molar-refractivity contribution in [1.82, 2.24) is 4.90 Å². The molecule has 6 nitrogen and oxygen atoms in total. The first-order valence-corrected chi connectivity index (χ1v) is 7.40. The van der Waals surface area contributed by atoms with E-state index in [1.165, 1.54) is 7.11 Å². The molecule has 0 bridgehead atoms. The summed E-state index contributed by atoms with van der Waals surface area (Å²) >= 11 is 0. The quantitative estimate of drug-likeness (QED) is 0.592. The van der Waals surface area contributed by atoms with Gasteiger partial charge in [-0.25, -0.2) is 4.79 Å². The summed E-state index contributed by atoms with van der Waals surface area (Å²) < 4.78 is 15.8. The number of carbonyl (C=O) groups excluding carboxylic acids is 2. The van der Waals surface area contributed by atoms with Gasteiger partial charge in [-0.3, -0.25) is 9.69 Å². The van der Waals surface area contributed by atoms with E-state index in [0.717, 1.165) is 0 Å². The zero-order valence-electron chi connectivity index (χ0n) is 14.5. The average Bonchev–Trinajstić information content (AvgIpc) is 2.68. The van der Waals surface area contributed by atoms with Gasteiger partial charge in [0.2, 0.25) is 0 Å². The van der Waals surface area contributed by atoms with Gasteiger partial charge >= 0.3 is 12.1 Å². The standard InChI is InChI=1S/C16H27NO5/c1-11(13(18)20-7)8-9-12-10-21-16(5,6)17(12)14(19)22-15(2,3)4/h8-9,11-12H,10H2,1-7H3/b9-8+/t11-,12-/m1/s1. The van der Waals surface area contributed by atoms with Crippen molar-refractivity contribution in [3.8, 4) is 0 Å². The summed E-state index contributed by atoms with van der Waals surface area (Å²) in [4.78, 5) is 25.4. The van der Waals surface area contributed by atoms with Crippen molar-refractivity contribution in [2.24, 2.45) is 5.92 Å². The lowest BCUT2D eigenvalue weighted by molar-refractivity contribution is -0.143. The lowest BCUT2D eigenvalue weighted by Crippen LogP contribution is -2.49. The second kappa shape index (κ2) is 6.69. The number of nitrogens with zero attached hydrogens (tertiary/aromatic N) is 1. The number of hydrogen-bond donors (Lipinski definition) is 0. The van der Waals surface area contributed by atoms with Crippen LogP contribution in [-0.2, 0) is 19.0 Å². The van der Waals surface area contributed by atoms with E-state index >= 15 is 0 Å². The maximum Gasteiger partial charge on any atom is 0.413 e. The van der Waals surface area contributed by atoms with Gasteiger partial charge in [0.15, 0.2) is 0 Å². The fraction of sp³-hybridized carbons (Fsp3) is 0.750. The van der Waals surface area contributed by atoms with Crippen LogP contribution in [-0.4, -0.2) is 48.0 Å². The van der Waals surface area contributed by atoms with Crippen LogP contribution >= 0.6 is 0 Å². The van der Waals surface area contributed by atoms with E-state index in [1.54, 1.807) is 24.0 Å². The van der Waals surface area contributed by atoms with E-state index < -0.39 is 17.4 Å². The lowest BCUT2D eigenvalue weighted by Gasteiger charge is -2.34. The number of esters is 1. The summed E-state index contributed by atoms with van der Waals surface area (Å²) in [5, 5.41) is 0. The summed E-state index contributed by atoms with van der Waals surface area (Å²) in [6.45, 7) is 11.2. The highest BCUT2D eigenvalue weighted by molar-refractivity contribution is 5.74. The summed E-state index contributed by atoms with van der Waals surface area (Å²) in [6.07, 6.45) is 3.08. The summed E-state index contributed by atoms with van der Waals surface area (Å²) in [5.74, 6) is -0.701. The van der Waals surface area contributed by atoms with Gasteiger partial charge in [-0.2, -0.15) is 0 Å². The average molecular weight is 313 g/mol. The number of ether oxygens (including phenoxy) is 3. The van der Waals surface area contributed by atoms with Crippen LogP contribution in [0.2, 0.25) is 0 Å². The van der Waals surface area contributed by atoms with Crippen LogP contribution in [0.15, 0.2) is 12.2 Å². The molecular formula is C16H27NO5. The minimum absolute atomic E-state index is 0.281. The largest absolute Gasteiger partial charge is 0.469 e. The predicted octanol–water partition coefficient (Wildman–Crippen LogP) is 2.72. The second-order valence-corrected chi connectivity index (χ2v) is 6.87. The van der Waals surface area contributed by atoms with E-state index in [0.29, 0.717) is 6.61 Å². The van der Waals surface area contributed by atoms with Crippen molar-refractivity contribution >= 4 is 12.1 Å². The first-order chi connectivity index (χ1) is 9.98. The molecule has 1 saturated heterocycles. The molecule has 1 rings (SSSR count). The number of hydrogen-bond acceptors (Lipinski definition) is 5. The molecule has 1 heterocycles. The van der Waals surface area contributed by atoms with Crippen molar-refractivity contribution < 1.29 is 23.8 Å². The Balaban J connectivity index is 2.88. The van der Waals surface area contributed by atoms with Gasteiger partial charge in [0, 0.05) is 0 Å². The minimum atomic E-state index is -0.758. The number of amides is 1. The van der Waals surface area contributed by atoms with E-state index in [4.69, 9.17) is 9.47 Å². The predicted molar refractivity (Wildman–Crippen MR) is 82.2 cm³/mol. The van der Waals surface area contributed by atoms with E-state index in [1.807, 2.05) is 34.6 Å². The molecule has 0 aromatic heterocycles. The molecular weight excluding hydrogens is 286 g/mol. The Kier molecular flexibility index (Phi) is 5.62. The molecule has 2 atom stereocenters. The Hall–Kier alpha value is -1.56. The summed E-state index contributed by atoms with van der Waals surface area (Å²) in [7, 11) is 1.35. The van der Waals surface area contributed by atoms with Gasteiger partial charge in [-0.15, -0.1) is 0 Å². The zero-order chi connectivity index (χ0) is 17.1. The first kappa shape index (κ1) is 18.5. The Labute approximate surface area is 132 Å². The molecule has 0 unspecified atom stereocenters. The maximum absolute atomic E-state index is 12.4. The highest BCUT2D eigenvalue weighted by atomic mass is 16.6. The molecule has 6 heteroatoms. The number of methoxy groups -OCH3 is 1. The third-order valence-electron chi connectivity index (χ3n) is 3.30. The van der Waals surface area contributed by atoms with Gasteiger partial charge in [0.1, 0.15) is 11.3 Å². The molecule has 0 radical (unpaired) electrons.